The van der Waals surface area contributed by atoms with Crippen molar-refractivity contribution in [1.82, 2.24) is 5.32 Å². The van der Waals surface area contributed by atoms with Gasteiger partial charge in [-0.2, -0.15) is 0 Å². The van der Waals surface area contributed by atoms with E-state index in [0.29, 0.717) is 11.3 Å². The number of carbonyl (C=O) groups excluding carboxylic acids is 1. The summed E-state index contributed by atoms with van der Waals surface area (Å²) in [6, 6.07) is 6.34. The van der Waals surface area contributed by atoms with E-state index in [9.17, 15) is 9.59 Å². The smallest absolute Gasteiger partial charge is 0.334 e. The summed E-state index contributed by atoms with van der Waals surface area (Å²) in [5.41, 5.74) is 0.387. The third-order valence-corrected chi connectivity index (χ3v) is 2.45. The zero-order valence-corrected chi connectivity index (χ0v) is 11.0. The molecule has 1 rings (SSSR count). The van der Waals surface area contributed by atoms with Crippen LogP contribution in [0.2, 0.25) is 0 Å². The van der Waals surface area contributed by atoms with E-state index in [1.807, 2.05) is 0 Å². The molecule has 0 aliphatic rings. The van der Waals surface area contributed by atoms with Crippen LogP contribution in [0.1, 0.15) is 10.4 Å². The van der Waals surface area contributed by atoms with Gasteiger partial charge in [-0.3, -0.25) is 4.79 Å². The van der Waals surface area contributed by atoms with Crippen molar-refractivity contribution >= 4 is 11.9 Å². The minimum atomic E-state index is -1.13. The Labute approximate surface area is 116 Å². The molecule has 0 saturated carbocycles. The largest absolute Gasteiger partial charge is 0.481 e. The Bertz CT molecular complexity index is 503. The lowest BCUT2D eigenvalue weighted by Gasteiger charge is -2.11. The summed E-state index contributed by atoms with van der Waals surface area (Å²) in [5, 5.41) is 11.2. The Kier molecular flexibility index (Phi) is 6.07. The lowest BCUT2D eigenvalue weighted by molar-refractivity contribution is -0.148. The van der Waals surface area contributed by atoms with Crippen LogP contribution in [0.3, 0.4) is 0 Å². The van der Waals surface area contributed by atoms with Crippen molar-refractivity contribution in [2.24, 2.45) is 0 Å². The minimum Gasteiger partial charge on any atom is -0.481 e. The third-order valence-electron chi connectivity index (χ3n) is 2.45. The standard InChI is InChI=1S/C14H15NO5/c1-3-8-20-11-6-4-10(5-7-11)13(16)15-9-12(19-2)14(17)18/h1,4-7,12H,8-9H2,2H3,(H,15,16)(H,17,18). The fourth-order valence-electron chi connectivity index (χ4n) is 1.39. The molecule has 0 aliphatic heterocycles. The van der Waals surface area contributed by atoms with E-state index in [2.05, 4.69) is 11.2 Å². The Morgan fingerprint density at radius 1 is 1.40 bits per heavy atom. The minimum absolute atomic E-state index is 0.111. The molecule has 1 unspecified atom stereocenters. The van der Waals surface area contributed by atoms with Crippen LogP contribution in [0.5, 0.6) is 5.75 Å². The lowest BCUT2D eigenvalue weighted by Crippen LogP contribution is -2.37. The third kappa shape index (κ3) is 4.63. The molecule has 2 N–H and O–H groups in total. The van der Waals surface area contributed by atoms with E-state index in [1.54, 1.807) is 24.3 Å². The second-order valence-electron chi connectivity index (χ2n) is 3.79. The molecule has 0 radical (unpaired) electrons. The molecule has 1 aromatic rings. The summed E-state index contributed by atoms with van der Waals surface area (Å²) in [6.45, 7) is 0.0414. The van der Waals surface area contributed by atoms with Crippen molar-refractivity contribution in [1.29, 1.82) is 0 Å². The molecule has 1 aromatic carbocycles. The number of nitrogens with one attached hydrogen (secondary N) is 1. The van der Waals surface area contributed by atoms with E-state index in [0.717, 1.165) is 0 Å². The molecule has 6 nitrogen and oxygen atoms in total. The van der Waals surface area contributed by atoms with Gasteiger partial charge in [0, 0.05) is 12.7 Å². The highest BCUT2D eigenvalue weighted by Crippen LogP contribution is 2.11. The molecule has 106 valence electrons. The summed E-state index contributed by atoms with van der Waals surface area (Å²) < 4.78 is 9.88. The van der Waals surface area contributed by atoms with E-state index < -0.39 is 18.0 Å². The number of carboxylic acids is 1. The van der Waals surface area contributed by atoms with Crippen LogP contribution < -0.4 is 10.1 Å². The van der Waals surface area contributed by atoms with Crippen molar-refractivity contribution in [3.63, 3.8) is 0 Å². The number of aliphatic carboxylic acids is 1. The molecule has 1 atom stereocenters. The van der Waals surface area contributed by atoms with Crippen LogP contribution in [0.15, 0.2) is 24.3 Å². The van der Waals surface area contributed by atoms with Gasteiger partial charge < -0.3 is 19.9 Å². The quantitative estimate of drug-likeness (QED) is 0.710. The second-order valence-corrected chi connectivity index (χ2v) is 3.79. The Morgan fingerprint density at radius 2 is 2.05 bits per heavy atom. The number of benzene rings is 1. The zero-order valence-electron chi connectivity index (χ0n) is 11.0. The fourth-order valence-corrected chi connectivity index (χ4v) is 1.39. The van der Waals surface area contributed by atoms with Gasteiger partial charge in [-0.25, -0.2) is 4.79 Å². The number of terminal acetylenes is 1. The number of hydrogen-bond acceptors (Lipinski definition) is 4. The van der Waals surface area contributed by atoms with E-state index in [-0.39, 0.29) is 13.2 Å². The Balaban J connectivity index is 2.55. The first-order valence-corrected chi connectivity index (χ1v) is 5.78. The molecule has 0 bridgehead atoms. The maximum Gasteiger partial charge on any atom is 0.334 e. The average molecular weight is 277 g/mol. The van der Waals surface area contributed by atoms with Crippen molar-refractivity contribution in [3.05, 3.63) is 29.8 Å². The molecule has 6 heteroatoms. The molecule has 0 aliphatic carbocycles. The van der Waals surface area contributed by atoms with Gasteiger partial charge in [-0.1, -0.05) is 5.92 Å². The van der Waals surface area contributed by atoms with Gasteiger partial charge in [0.25, 0.3) is 5.91 Å². The number of rotatable bonds is 7. The van der Waals surface area contributed by atoms with Crippen LogP contribution in [0.25, 0.3) is 0 Å². The van der Waals surface area contributed by atoms with Gasteiger partial charge in [0.1, 0.15) is 12.4 Å². The van der Waals surface area contributed by atoms with Crippen LogP contribution in [0.4, 0.5) is 0 Å². The highest BCUT2D eigenvalue weighted by molar-refractivity contribution is 5.94. The average Bonchev–Trinajstić information content (AvgIpc) is 2.45. The molecule has 1 amide bonds. The Hall–Kier alpha value is -2.52. The lowest BCUT2D eigenvalue weighted by atomic mass is 10.2. The summed E-state index contributed by atoms with van der Waals surface area (Å²) in [6.07, 6.45) is 3.99. The molecule has 0 heterocycles. The number of amides is 1. The van der Waals surface area contributed by atoms with Crippen LogP contribution >= 0.6 is 0 Å². The summed E-state index contributed by atoms with van der Waals surface area (Å²) >= 11 is 0. The van der Waals surface area contributed by atoms with E-state index in [1.165, 1.54) is 7.11 Å². The zero-order chi connectivity index (χ0) is 15.0. The highest BCUT2D eigenvalue weighted by Gasteiger charge is 2.17. The predicted molar refractivity (Wildman–Crippen MR) is 71.5 cm³/mol. The summed E-state index contributed by atoms with van der Waals surface area (Å²) in [7, 11) is 1.27. The van der Waals surface area contributed by atoms with Gasteiger partial charge in [0.2, 0.25) is 0 Å². The first-order valence-electron chi connectivity index (χ1n) is 5.78. The molecule has 0 fully saturated rings. The van der Waals surface area contributed by atoms with Crippen LogP contribution in [-0.2, 0) is 9.53 Å². The number of methoxy groups -OCH3 is 1. The number of hydrogen-bond donors (Lipinski definition) is 2. The van der Waals surface area contributed by atoms with Crippen molar-refractivity contribution < 1.29 is 24.2 Å². The van der Waals surface area contributed by atoms with Gasteiger partial charge in [-0.05, 0) is 24.3 Å². The SMILES string of the molecule is C#CCOc1ccc(C(=O)NCC(OC)C(=O)O)cc1. The first kappa shape index (κ1) is 15.5. The molecule has 0 spiro atoms. The first-order chi connectivity index (χ1) is 9.58. The highest BCUT2D eigenvalue weighted by atomic mass is 16.5. The van der Waals surface area contributed by atoms with E-state index >= 15 is 0 Å². The topological polar surface area (TPSA) is 84.9 Å². The molecular weight excluding hydrogens is 262 g/mol. The molecular formula is C14H15NO5. The molecule has 0 saturated heterocycles. The maximum atomic E-state index is 11.8. The number of carboxylic acid groups (broad SMARTS) is 1. The van der Waals surface area contributed by atoms with Gasteiger partial charge in [0.05, 0.1) is 6.54 Å². The van der Waals surface area contributed by atoms with Crippen molar-refractivity contribution in [2.45, 2.75) is 6.10 Å². The Morgan fingerprint density at radius 3 is 2.55 bits per heavy atom. The van der Waals surface area contributed by atoms with Gasteiger partial charge in [-0.15, -0.1) is 6.42 Å². The second kappa shape index (κ2) is 7.81. The fraction of sp³-hybridized carbons (Fsp3) is 0.286. The van der Waals surface area contributed by atoms with Crippen LogP contribution in [0, 0.1) is 12.3 Å². The number of carbonyl (C=O) groups is 2. The van der Waals surface area contributed by atoms with Gasteiger partial charge in [0.15, 0.2) is 6.10 Å². The monoisotopic (exact) mass is 277 g/mol. The van der Waals surface area contributed by atoms with Crippen LogP contribution in [-0.4, -0.2) is 43.3 Å². The normalized spacial score (nSPS) is 11.2. The van der Waals surface area contributed by atoms with Gasteiger partial charge >= 0.3 is 5.97 Å². The molecule has 0 aromatic heterocycles. The predicted octanol–water partition coefficient (Wildman–Crippen LogP) is 0.528. The maximum absolute atomic E-state index is 11.8. The molecule has 20 heavy (non-hydrogen) atoms. The van der Waals surface area contributed by atoms with E-state index in [4.69, 9.17) is 21.0 Å². The summed E-state index contributed by atoms with van der Waals surface area (Å²) in [4.78, 5) is 22.5. The van der Waals surface area contributed by atoms with Crippen molar-refractivity contribution in [3.8, 4) is 18.1 Å². The van der Waals surface area contributed by atoms with Crippen molar-refractivity contribution in [2.75, 3.05) is 20.3 Å². The number of ether oxygens (including phenoxy) is 2. The summed E-state index contributed by atoms with van der Waals surface area (Å²) in [5.74, 6) is 1.36.